The lowest BCUT2D eigenvalue weighted by Gasteiger charge is -2.29. The number of nitrogens with zero attached hydrogens (tertiary/aromatic N) is 1. The molecule has 1 heterocycles. The molecule has 28 heavy (non-hydrogen) atoms. The van der Waals surface area contributed by atoms with Crippen molar-refractivity contribution in [3.05, 3.63) is 58.7 Å². The molecule has 1 aliphatic rings. The van der Waals surface area contributed by atoms with E-state index in [1.807, 2.05) is 31.2 Å². The number of rotatable bonds is 5. The van der Waals surface area contributed by atoms with Gasteiger partial charge in [0.1, 0.15) is 0 Å². The maximum absolute atomic E-state index is 12.9. The summed E-state index contributed by atoms with van der Waals surface area (Å²) >= 11 is 0. The van der Waals surface area contributed by atoms with Crippen LogP contribution < -0.4 is 9.03 Å². The summed E-state index contributed by atoms with van der Waals surface area (Å²) in [4.78, 5) is 0.208. The molecule has 0 atom stereocenters. The lowest BCUT2D eigenvalue weighted by molar-refractivity contribution is 0.574. The average molecular weight is 423 g/mol. The molecule has 3 rings (SSSR count). The molecule has 1 fully saturated rings. The van der Waals surface area contributed by atoms with Gasteiger partial charge in [-0.1, -0.05) is 24.3 Å². The van der Waals surface area contributed by atoms with Gasteiger partial charge >= 0.3 is 0 Å². The van der Waals surface area contributed by atoms with Gasteiger partial charge in [-0.3, -0.25) is 4.31 Å². The third-order valence-corrected chi connectivity index (χ3v) is 8.64. The Morgan fingerprint density at radius 1 is 1.00 bits per heavy atom. The van der Waals surface area contributed by atoms with E-state index in [4.69, 9.17) is 0 Å². The van der Waals surface area contributed by atoms with E-state index in [0.29, 0.717) is 29.8 Å². The van der Waals surface area contributed by atoms with Crippen LogP contribution in [0.1, 0.15) is 35.1 Å². The molecule has 0 radical (unpaired) electrons. The Balaban J connectivity index is 1.91. The number of benzene rings is 2. The second-order valence-electron chi connectivity index (χ2n) is 7.25. The van der Waals surface area contributed by atoms with Crippen LogP contribution in [0.4, 0.5) is 5.69 Å². The zero-order valence-electron chi connectivity index (χ0n) is 16.4. The second-order valence-corrected chi connectivity index (χ2v) is 11.0. The number of nitrogens with one attached hydrogen (secondary N) is 1. The van der Waals surface area contributed by atoms with Crippen LogP contribution in [0.15, 0.2) is 41.3 Å². The number of hydrogen-bond donors (Lipinski definition) is 1. The Morgan fingerprint density at radius 3 is 2.25 bits per heavy atom. The normalized spacial score (nSPS) is 16.9. The van der Waals surface area contributed by atoms with E-state index in [1.165, 1.54) is 4.31 Å². The minimum atomic E-state index is -3.73. The lowest BCUT2D eigenvalue weighted by Crippen LogP contribution is -2.38. The number of anilines is 1. The molecule has 2 aromatic carbocycles. The van der Waals surface area contributed by atoms with Crippen molar-refractivity contribution in [2.75, 3.05) is 16.6 Å². The van der Waals surface area contributed by atoms with Crippen LogP contribution in [0.2, 0.25) is 0 Å². The van der Waals surface area contributed by atoms with Gasteiger partial charge < -0.3 is 0 Å². The van der Waals surface area contributed by atoms with Crippen LogP contribution in [-0.4, -0.2) is 29.1 Å². The smallest absolute Gasteiger partial charge is 0.241 e. The Hall–Kier alpha value is -1.90. The highest BCUT2D eigenvalue weighted by Gasteiger charge is 2.28. The van der Waals surface area contributed by atoms with Gasteiger partial charge in [-0.25, -0.2) is 21.6 Å². The lowest BCUT2D eigenvalue weighted by atomic mass is 10.1. The first-order valence-corrected chi connectivity index (χ1v) is 12.4. The van der Waals surface area contributed by atoms with E-state index in [1.54, 1.807) is 26.0 Å². The quantitative estimate of drug-likeness (QED) is 0.803. The van der Waals surface area contributed by atoms with Crippen LogP contribution >= 0.6 is 0 Å². The molecule has 1 aliphatic heterocycles. The van der Waals surface area contributed by atoms with Gasteiger partial charge in [0.05, 0.1) is 16.3 Å². The molecule has 0 spiro atoms. The van der Waals surface area contributed by atoms with Crippen molar-refractivity contribution >= 4 is 25.7 Å². The molecule has 0 saturated carbocycles. The second kappa shape index (κ2) is 7.85. The molecular formula is C20H26N2O4S2. The maximum Gasteiger partial charge on any atom is 0.241 e. The zero-order valence-corrected chi connectivity index (χ0v) is 18.0. The van der Waals surface area contributed by atoms with Gasteiger partial charge in [0.2, 0.25) is 20.0 Å². The van der Waals surface area contributed by atoms with Crippen molar-refractivity contribution in [2.24, 2.45) is 0 Å². The fourth-order valence-corrected chi connectivity index (χ4v) is 6.71. The molecule has 6 nitrogen and oxygen atoms in total. The Morgan fingerprint density at radius 2 is 1.64 bits per heavy atom. The molecular weight excluding hydrogens is 396 g/mol. The first-order valence-electron chi connectivity index (χ1n) is 9.28. The Kier molecular flexibility index (Phi) is 5.84. The highest BCUT2D eigenvalue weighted by Crippen LogP contribution is 2.30. The van der Waals surface area contributed by atoms with Gasteiger partial charge in [0.25, 0.3) is 0 Å². The summed E-state index contributed by atoms with van der Waals surface area (Å²) in [6.45, 7) is 5.98. The van der Waals surface area contributed by atoms with Crippen molar-refractivity contribution < 1.29 is 16.8 Å². The van der Waals surface area contributed by atoms with Gasteiger partial charge in [-0.05, 0) is 68.0 Å². The molecule has 0 unspecified atom stereocenters. The third-order valence-electron chi connectivity index (χ3n) is 5.06. The summed E-state index contributed by atoms with van der Waals surface area (Å²) in [6.07, 6.45) is 1.46. The summed E-state index contributed by atoms with van der Waals surface area (Å²) in [5, 5.41) is 0. The summed E-state index contributed by atoms with van der Waals surface area (Å²) < 4.78 is 54.7. The summed E-state index contributed by atoms with van der Waals surface area (Å²) in [5.41, 5.74) is 3.54. The predicted octanol–water partition coefficient (Wildman–Crippen LogP) is 3.02. The predicted molar refractivity (Wildman–Crippen MR) is 111 cm³/mol. The van der Waals surface area contributed by atoms with E-state index < -0.39 is 20.0 Å². The Bertz CT molecular complexity index is 1070. The van der Waals surface area contributed by atoms with Gasteiger partial charge in [0, 0.05) is 13.1 Å². The van der Waals surface area contributed by atoms with Crippen LogP contribution in [-0.2, 0) is 26.6 Å². The largest absolute Gasteiger partial charge is 0.270 e. The van der Waals surface area contributed by atoms with Gasteiger partial charge in [-0.2, -0.15) is 0 Å². The Labute approximate surface area is 167 Å². The van der Waals surface area contributed by atoms with E-state index in [2.05, 4.69) is 4.72 Å². The standard InChI is InChI=1S/C20H26N2O4S2/c1-15-8-4-5-9-18(15)14-21-28(25,26)20-16(2)12-19(13-17(20)3)22-10-6-7-11-27(22,23)24/h4-5,8-9,12-13,21H,6-7,10-11,14H2,1-3H3. The van der Waals surface area contributed by atoms with Crippen LogP contribution in [0.25, 0.3) is 0 Å². The van der Waals surface area contributed by atoms with Crippen molar-refractivity contribution in [3.8, 4) is 0 Å². The van der Waals surface area contributed by atoms with E-state index >= 15 is 0 Å². The van der Waals surface area contributed by atoms with Crippen LogP contribution in [0.5, 0.6) is 0 Å². The first-order chi connectivity index (χ1) is 13.1. The summed E-state index contributed by atoms with van der Waals surface area (Å²) in [7, 11) is -7.07. The van der Waals surface area contributed by atoms with E-state index in [0.717, 1.165) is 17.5 Å². The van der Waals surface area contributed by atoms with Gasteiger partial charge in [-0.15, -0.1) is 0 Å². The topological polar surface area (TPSA) is 83.6 Å². The molecule has 8 heteroatoms. The summed E-state index contributed by atoms with van der Waals surface area (Å²) in [5.74, 6) is 0.128. The monoisotopic (exact) mass is 422 g/mol. The van der Waals surface area contributed by atoms with Gasteiger partial charge in [0.15, 0.2) is 0 Å². The molecule has 152 valence electrons. The fraction of sp³-hybridized carbons (Fsp3) is 0.400. The number of sulfonamides is 2. The van der Waals surface area contributed by atoms with E-state index in [-0.39, 0.29) is 17.2 Å². The molecule has 1 N–H and O–H groups in total. The average Bonchev–Trinajstić information content (AvgIpc) is 2.59. The number of hydrogen-bond acceptors (Lipinski definition) is 4. The minimum Gasteiger partial charge on any atom is -0.270 e. The van der Waals surface area contributed by atoms with Crippen molar-refractivity contribution in [1.29, 1.82) is 0 Å². The molecule has 1 saturated heterocycles. The van der Waals surface area contributed by atoms with Crippen molar-refractivity contribution in [3.63, 3.8) is 0 Å². The molecule has 0 amide bonds. The molecule has 0 aromatic heterocycles. The minimum absolute atomic E-state index is 0.128. The third kappa shape index (κ3) is 4.24. The highest BCUT2D eigenvalue weighted by molar-refractivity contribution is 7.92. The fourth-order valence-electron chi connectivity index (χ4n) is 3.63. The van der Waals surface area contributed by atoms with E-state index in [9.17, 15) is 16.8 Å². The first kappa shape index (κ1) is 20.8. The summed E-state index contributed by atoms with van der Waals surface area (Å²) in [6, 6.07) is 10.9. The zero-order chi connectivity index (χ0) is 20.5. The maximum atomic E-state index is 12.9. The van der Waals surface area contributed by atoms with Crippen LogP contribution in [0.3, 0.4) is 0 Å². The molecule has 2 aromatic rings. The van der Waals surface area contributed by atoms with Crippen LogP contribution in [0, 0.1) is 20.8 Å². The SMILES string of the molecule is Cc1ccccc1CNS(=O)(=O)c1c(C)cc(N2CCCCS2(=O)=O)cc1C. The molecule has 0 bridgehead atoms. The van der Waals surface area contributed by atoms with Crippen molar-refractivity contribution in [1.82, 2.24) is 4.72 Å². The highest BCUT2D eigenvalue weighted by atomic mass is 32.2. The van der Waals surface area contributed by atoms with Crippen molar-refractivity contribution in [2.45, 2.75) is 45.1 Å². The number of aryl methyl sites for hydroxylation is 3. The molecule has 0 aliphatic carbocycles.